The van der Waals surface area contributed by atoms with Crippen molar-refractivity contribution in [3.8, 4) is 5.75 Å². The summed E-state index contributed by atoms with van der Waals surface area (Å²) in [4.78, 5) is 2.37. The quantitative estimate of drug-likeness (QED) is 0.899. The number of nitrogens with one attached hydrogen (secondary N) is 1. The Morgan fingerprint density at radius 2 is 1.90 bits per heavy atom. The van der Waals surface area contributed by atoms with Gasteiger partial charge in [-0.15, -0.1) is 0 Å². The van der Waals surface area contributed by atoms with Gasteiger partial charge in [-0.2, -0.15) is 0 Å². The van der Waals surface area contributed by atoms with E-state index < -0.39 is 0 Å². The van der Waals surface area contributed by atoms with Crippen LogP contribution in [0.3, 0.4) is 0 Å². The Bertz CT molecular complexity index is 494. The third-order valence-electron chi connectivity index (χ3n) is 5.05. The number of benzene rings is 1. The van der Waals surface area contributed by atoms with Crippen molar-refractivity contribution in [2.24, 2.45) is 5.92 Å². The first kappa shape index (κ1) is 14.8. The van der Waals surface area contributed by atoms with Gasteiger partial charge in [0.05, 0.1) is 0 Å². The number of phenolic OH excluding ortho intramolecular Hbond substituents is 1. The fourth-order valence-electron chi connectivity index (χ4n) is 3.92. The lowest BCUT2D eigenvalue weighted by Crippen LogP contribution is -2.47. The van der Waals surface area contributed by atoms with Crippen molar-refractivity contribution in [1.82, 2.24) is 10.2 Å². The van der Waals surface area contributed by atoms with Crippen LogP contribution in [0.1, 0.15) is 42.9 Å². The average Bonchev–Trinajstić information content (AvgIpc) is 3.02. The summed E-state index contributed by atoms with van der Waals surface area (Å²) in [7, 11) is 0. The van der Waals surface area contributed by atoms with Crippen LogP contribution in [-0.2, 0) is 0 Å². The molecule has 0 bridgehead atoms. The largest absolute Gasteiger partial charge is 0.507 e. The summed E-state index contributed by atoms with van der Waals surface area (Å²) in [6.45, 7) is 5.58. The van der Waals surface area contributed by atoms with Crippen molar-refractivity contribution in [2.75, 3.05) is 26.2 Å². The third-order valence-corrected chi connectivity index (χ3v) is 5.05. The average molecular weight is 292 g/mol. The number of aromatic hydroxyl groups is 1. The van der Waals surface area contributed by atoms with Crippen LogP contribution in [0.15, 0.2) is 12.1 Å². The molecule has 1 saturated carbocycles. The van der Waals surface area contributed by atoms with E-state index in [1.54, 1.807) is 6.07 Å². The van der Waals surface area contributed by atoms with Crippen LogP contribution in [0.4, 0.5) is 4.39 Å². The summed E-state index contributed by atoms with van der Waals surface area (Å²) in [6.07, 6.45) is 4.73. The molecule has 1 aliphatic carbocycles. The summed E-state index contributed by atoms with van der Waals surface area (Å²) >= 11 is 0. The maximum absolute atomic E-state index is 14.5. The zero-order valence-electron chi connectivity index (χ0n) is 12.7. The lowest BCUT2D eigenvalue weighted by atomic mass is 9.88. The molecule has 3 nitrogen and oxygen atoms in total. The standard InChI is InChI=1S/C17H25FN2O/c1-12-6-7-14(18)15(17(12)21)16(13-4-2-3-5-13)20-10-8-19-9-11-20/h6-7,13,16,19,21H,2-5,8-11H2,1H3/t16-/m0/s1. The molecule has 2 N–H and O–H groups in total. The molecule has 4 heteroatoms. The van der Waals surface area contributed by atoms with Crippen molar-refractivity contribution >= 4 is 0 Å². The highest BCUT2D eigenvalue weighted by molar-refractivity contribution is 5.43. The maximum Gasteiger partial charge on any atom is 0.131 e. The van der Waals surface area contributed by atoms with Crippen molar-refractivity contribution in [3.63, 3.8) is 0 Å². The number of rotatable bonds is 3. The molecular formula is C17H25FN2O. The molecule has 1 atom stereocenters. The smallest absolute Gasteiger partial charge is 0.131 e. The van der Waals surface area contributed by atoms with Gasteiger partial charge >= 0.3 is 0 Å². The Labute approximate surface area is 126 Å². The zero-order chi connectivity index (χ0) is 14.8. The molecule has 0 spiro atoms. The number of aryl methyl sites for hydroxylation is 1. The first-order chi connectivity index (χ1) is 10.2. The van der Waals surface area contributed by atoms with E-state index in [4.69, 9.17) is 0 Å². The van der Waals surface area contributed by atoms with E-state index in [2.05, 4.69) is 10.2 Å². The van der Waals surface area contributed by atoms with Gasteiger partial charge in [0.2, 0.25) is 0 Å². The molecule has 1 aliphatic heterocycles. The number of piperazine rings is 1. The van der Waals surface area contributed by atoms with Gasteiger partial charge in [-0.25, -0.2) is 4.39 Å². The van der Waals surface area contributed by atoms with Crippen LogP contribution in [0, 0.1) is 18.7 Å². The second-order valence-corrected chi connectivity index (χ2v) is 6.40. The Morgan fingerprint density at radius 3 is 2.57 bits per heavy atom. The lowest BCUT2D eigenvalue weighted by molar-refractivity contribution is 0.120. The highest BCUT2D eigenvalue weighted by atomic mass is 19.1. The fraction of sp³-hybridized carbons (Fsp3) is 0.647. The molecule has 116 valence electrons. The predicted octanol–water partition coefficient (Wildman–Crippen LogP) is 2.98. The number of nitrogens with zero attached hydrogens (tertiary/aromatic N) is 1. The second-order valence-electron chi connectivity index (χ2n) is 6.40. The van der Waals surface area contributed by atoms with E-state index in [9.17, 15) is 9.50 Å². The van der Waals surface area contributed by atoms with Crippen molar-refractivity contribution in [1.29, 1.82) is 0 Å². The van der Waals surface area contributed by atoms with E-state index in [0.717, 1.165) is 44.6 Å². The normalized spacial score (nSPS) is 22.6. The Kier molecular flexibility index (Phi) is 4.45. The van der Waals surface area contributed by atoms with Gasteiger partial charge in [-0.05, 0) is 37.3 Å². The molecule has 1 heterocycles. The van der Waals surface area contributed by atoms with E-state index in [1.165, 1.54) is 18.9 Å². The van der Waals surface area contributed by atoms with Gasteiger partial charge in [0.1, 0.15) is 11.6 Å². The van der Waals surface area contributed by atoms with Crippen LogP contribution >= 0.6 is 0 Å². The first-order valence-electron chi connectivity index (χ1n) is 8.11. The number of hydrogen-bond acceptors (Lipinski definition) is 3. The molecule has 0 aromatic heterocycles. The predicted molar refractivity (Wildman–Crippen MR) is 81.9 cm³/mol. The minimum absolute atomic E-state index is 0.0227. The second kappa shape index (κ2) is 6.32. The van der Waals surface area contributed by atoms with Gasteiger partial charge in [0.15, 0.2) is 0 Å². The summed E-state index contributed by atoms with van der Waals surface area (Å²) in [5.74, 6) is 0.365. The number of halogens is 1. The topological polar surface area (TPSA) is 35.5 Å². The first-order valence-corrected chi connectivity index (χ1v) is 8.11. The van der Waals surface area contributed by atoms with E-state index >= 15 is 0 Å². The van der Waals surface area contributed by atoms with Crippen LogP contribution in [0.2, 0.25) is 0 Å². The zero-order valence-corrected chi connectivity index (χ0v) is 12.7. The van der Waals surface area contributed by atoms with Gasteiger partial charge in [0, 0.05) is 37.8 Å². The van der Waals surface area contributed by atoms with Crippen LogP contribution in [-0.4, -0.2) is 36.2 Å². The summed E-state index contributed by atoms with van der Waals surface area (Å²) in [5.41, 5.74) is 1.30. The monoisotopic (exact) mass is 292 g/mol. The van der Waals surface area contributed by atoms with Gasteiger partial charge in [-0.3, -0.25) is 4.90 Å². The Hall–Kier alpha value is -1.13. The number of hydrogen-bond donors (Lipinski definition) is 2. The molecule has 0 radical (unpaired) electrons. The summed E-state index contributed by atoms with van der Waals surface area (Å²) < 4.78 is 14.5. The fourth-order valence-corrected chi connectivity index (χ4v) is 3.92. The minimum Gasteiger partial charge on any atom is -0.507 e. The molecule has 0 unspecified atom stereocenters. The third kappa shape index (κ3) is 2.92. The van der Waals surface area contributed by atoms with Crippen LogP contribution < -0.4 is 5.32 Å². The Balaban J connectivity index is 1.99. The molecule has 0 amide bonds. The van der Waals surface area contributed by atoms with Gasteiger partial charge < -0.3 is 10.4 Å². The molecular weight excluding hydrogens is 267 g/mol. The van der Waals surface area contributed by atoms with Crippen LogP contribution in [0.5, 0.6) is 5.75 Å². The summed E-state index contributed by atoms with van der Waals surface area (Å²) in [5, 5.41) is 13.8. The van der Waals surface area contributed by atoms with E-state index in [1.807, 2.05) is 6.92 Å². The molecule has 2 aliphatic rings. The molecule has 3 rings (SSSR count). The number of phenols is 1. The summed E-state index contributed by atoms with van der Waals surface area (Å²) in [6, 6.07) is 3.20. The Morgan fingerprint density at radius 1 is 1.24 bits per heavy atom. The SMILES string of the molecule is Cc1ccc(F)c([C@H](C2CCCC2)N2CCNCC2)c1O. The maximum atomic E-state index is 14.5. The molecule has 21 heavy (non-hydrogen) atoms. The van der Waals surface area contributed by atoms with Crippen LogP contribution in [0.25, 0.3) is 0 Å². The van der Waals surface area contributed by atoms with Crippen molar-refractivity contribution in [3.05, 3.63) is 29.1 Å². The van der Waals surface area contributed by atoms with Crippen molar-refractivity contribution in [2.45, 2.75) is 38.6 Å². The molecule has 2 fully saturated rings. The molecule has 1 aromatic rings. The molecule has 1 saturated heterocycles. The molecule has 1 aromatic carbocycles. The highest BCUT2D eigenvalue weighted by Gasteiger charge is 2.35. The van der Waals surface area contributed by atoms with Gasteiger partial charge in [0.25, 0.3) is 0 Å². The minimum atomic E-state index is -0.256. The van der Waals surface area contributed by atoms with E-state index in [0.29, 0.717) is 11.5 Å². The van der Waals surface area contributed by atoms with E-state index in [-0.39, 0.29) is 17.6 Å². The van der Waals surface area contributed by atoms with Gasteiger partial charge in [-0.1, -0.05) is 18.9 Å². The van der Waals surface area contributed by atoms with Crippen molar-refractivity contribution < 1.29 is 9.50 Å². The lowest BCUT2D eigenvalue weighted by Gasteiger charge is -2.39. The highest BCUT2D eigenvalue weighted by Crippen LogP contribution is 2.44.